The largest absolute Gasteiger partial charge is 0.296 e. The van der Waals surface area contributed by atoms with Gasteiger partial charge in [0.2, 0.25) is 10.0 Å². The van der Waals surface area contributed by atoms with E-state index < -0.39 is 10.0 Å². The predicted octanol–water partition coefficient (Wildman–Crippen LogP) is 3.88. The van der Waals surface area contributed by atoms with Crippen LogP contribution < -0.4 is 0 Å². The molecule has 4 rings (SSSR count). The van der Waals surface area contributed by atoms with Crippen molar-refractivity contribution in [1.82, 2.24) is 14.2 Å². The lowest BCUT2D eigenvalue weighted by molar-refractivity contribution is 0.181. The minimum absolute atomic E-state index is 0.267. The Bertz CT molecular complexity index is 1030. The van der Waals surface area contributed by atoms with Crippen LogP contribution in [0.1, 0.15) is 11.1 Å². The zero-order chi connectivity index (χ0) is 20.8. The second-order valence-electron chi connectivity index (χ2n) is 7.27. The molecule has 30 heavy (non-hydrogen) atoms. The molecule has 3 aromatic rings. The molecule has 0 unspecified atom stereocenters. The lowest BCUT2D eigenvalue weighted by Crippen LogP contribution is -2.48. The molecule has 1 fully saturated rings. The quantitative estimate of drug-likeness (QED) is 0.523. The number of nitrogens with zero attached hydrogens (tertiary/aromatic N) is 3. The van der Waals surface area contributed by atoms with Gasteiger partial charge in [-0.25, -0.2) is 13.4 Å². The molecule has 0 amide bonds. The molecule has 0 atom stereocenters. The van der Waals surface area contributed by atoms with Gasteiger partial charge in [0, 0.05) is 44.7 Å². The number of sulfonamides is 1. The number of aromatic nitrogens is 1. The third-order valence-corrected chi connectivity index (χ3v) is 8.05. The Morgan fingerprint density at radius 1 is 0.800 bits per heavy atom. The van der Waals surface area contributed by atoms with E-state index in [1.165, 1.54) is 17.3 Å². The molecule has 0 bridgehead atoms. The fraction of sp³-hybridized carbons (Fsp3) is 0.261. The summed E-state index contributed by atoms with van der Waals surface area (Å²) in [6.45, 7) is 3.31. The maximum Gasteiger partial charge on any atom is 0.244 e. The predicted molar refractivity (Wildman–Crippen MR) is 121 cm³/mol. The summed E-state index contributed by atoms with van der Waals surface area (Å²) >= 11 is 1.60. The number of piperazine rings is 1. The topological polar surface area (TPSA) is 53.5 Å². The lowest BCUT2D eigenvalue weighted by atomic mass is 10.2. The van der Waals surface area contributed by atoms with Crippen LogP contribution in [0, 0.1) is 0 Å². The lowest BCUT2D eigenvalue weighted by Gasteiger charge is -2.33. The van der Waals surface area contributed by atoms with Gasteiger partial charge in [0.05, 0.1) is 5.03 Å². The number of benzene rings is 2. The van der Waals surface area contributed by atoms with Crippen LogP contribution in [0.2, 0.25) is 0 Å². The first kappa shape index (κ1) is 21.1. The molecular weight excluding hydrogens is 414 g/mol. The number of hydrogen-bond donors (Lipinski definition) is 0. The third kappa shape index (κ3) is 5.29. The van der Waals surface area contributed by atoms with Gasteiger partial charge in [0.15, 0.2) is 0 Å². The summed E-state index contributed by atoms with van der Waals surface area (Å²) in [5.41, 5.74) is 2.47. The van der Waals surface area contributed by atoms with Gasteiger partial charge in [-0.05, 0) is 23.3 Å². The van der Waals surface area contributed by atoms with Crippen LogP contribution in [-0.2, 0) is 22.3 Å². The number of thioether (sulfide) groups is 1. The molecule has 0 spiro atoms. The molecule has 0 N–H and O–H groups in total. The van der Waals surface area contributed by atoms with Crippen molar-refractivity contribution in [3.8, 4) is 0 Å². The van der Waals surface area contributed by atoms with Crippen molar-refractivity contribution < 1.29 is 8.42 Å². The molecule has 0 radical (unpaired) electrons. The van der Waals surface area contributed by atoms with Gasteiger partial charge < -0.3 is 0 Å². The first-order valence-corrected chi connectivity index (χ1v) is 12.4. The Kier molecular flexibility index (Phi) is 6.84. The van der Waals surface area contributed by atoms with E-state index in [0.717, 1.165) is 30.4 Å². The molecule has 0 saturated carbocycles. The SMILES string of the molecule is O=S(=O)(c1ccc(SCc2ccccc2)nc1)N1CCN(Cc2ccccc2)CC1. The van der Waals surface area contributed by atoms with E-state index in [0.29, 0.717) is 13.1 Å². The first-order chi connectivity index (χ1) is 14.6. The van der Waals surface area contributed by atoms with E-state index in [1.807, 2.05) is 36.4 Å². The van der Waals surface area contributed by atoms with E-state index in [-0.39, 0.29) is 4.90 Å². The summed E-state index contributed by atoms with van der Waals surface area (Å²) < 4.78 is 27.6. The van der Waals surface area contributed by atoms with Crippen molar-refractivity contribution >= 4 is 21.8 Å². The summed E-state index contributed by atoms with van der Waals surface area (Å²) in [6, 6.07) is 23.9. The minimum Gasteiger partial charge on any atom is -0.296 e. The van der Waals surface area contributed by atoms with Crippen LogP contribution in [-0.4, -0.2) is 48.8 Å². The molecule has 1 aromatic heterocycles. The Balaban J connectivity index is 1.33. The molecule has 1 saturated heterocycles. The van der Waals surface area contributed by atoms with E-state index in [1.54, 1.807) is 28.2 Å². The Labute approximate surface area is 182 Å². The smallest absolute Gasteiger partial charge is 0.244 e. The average molecular weight is 440 g/mol. The van der Waals surface area contributed by atoms with Crippen LogP contribution in [0.25, 0.3) is 0 Å². The van der Waals surface area contributed by atoms with Crippen LogP contribution in [0.4, 0.5) is 0 Å². The van der Waals surface area contributed by atoms with E-state index in [9.17, 15) is 8.42 Å². The standard InChI is InChI=1S/C23H25N3O2S2/c27-30(28,26-15-13-25(14-16-26)18-20-7-3-1-4-8-20)22-11-12-23(24-17-22)29-19-21-9-5-2-6-10-21/h1-12,17H,13-16,18-19H2. The summed E-state index contributed by atoms with van der Waals surface area (Å²) in [7, 11) is -3.51. The molecule has 2 heterocycles. The van der Waals surface area contributed by atoms with E-state index in [4.69, 9.17) is 0 Å². The Morgan fingerprint density at radius 3 is 2.03 bits per heavy atom. The van der Waals surface area contributed by atoms with E-state index in [2.05, 4.69) is 34.1 Å². The molecule has 2 aromatic carbocycles. The number of hydrogen-bond acceptors (Lipinski definition) is 5. The maximum absolute atomic E-state index is 13.0. The van der Waals surface area contributed by atoms with Gasteiger partial charge in [-0.15, -0.1) is 11.8 Å². The highest BCUT2D eigenvalue weighted by atomic mass is 32.2. The normalized spacial score (nSPS) is 15.9. The zero-order valence-electron chi connectivity index (χ0n) is 16.7. The molecule has 0 aliphatic carbocycles. The second-order valence-corrected chi connectivity index (χ2v) is 10.2. The first-order valence-electron chi connectivity index (χ1n) is 10.0. The maximum atomic E-state index is 13.0. The zero-order valence-corrected chi connectivity index (χ0v) is 18.4. The van der Waals surface area contributed by atoms with Crippen molar-refractivity contribution in [3.63, 3.8) is 0 Å². The number of rotatable bonds is 7. The molecule has 1 aliphatic heterocycles. The summed E-state index contributed by atoms with van der Waals surface area (Å²) in [6.07, 6.45) is 1.49. The summed E-state index contributed by atoms with van der Waals surface area (Å²) in [5.74, 6) is 0.809. The molecule has 7 heteroatoms. The Morgan fingerprint density at radius 2 is 1.43 bits per heavy atom. The molecular formula is C23H25N3O2S2. The number of pyridine rings is 1. The third-order valence-electron chi connectivity index (χ3n) is 5.16. The molecule has 5 nitrogen and oxygen atoms in total. The average Bonchev–Trinajstić information content (AvgIpc) is 2.80. The van der Waals surface area contributed by atoms with Gasteiger partial charge >= 0.3 is 0 Å². The van der Waals surface area contributed by atoms with Crippen molar-refractivity contribution in [2.75, 3.05) is 26.2 Å². The van der Waals surface area contributed by atoms with Gasteiger partial charge in [-0.2, -0.15) is 4.31 Å². The van der Waals surface area contributed by atoms with Crippen LogP contribution in [0.3, 0.4) is 0 Å². The van der Waals surface area contributed by atoms with Gasteiger partial charge in [0.25, 0.3) is 0 Å². The fourth-order valence-corrected chi connectivity index (χ4v) is 5.62. The Hall–Kier alpha value is -2.19. The van der Waals surface area contributed by atoms with Gasteiger partial charge in [0.1, 0.15) is 4.90 Å². The minimum atomic E-state index is -3.51. The molecule has 1 aliphatic rings. The van der Waals surface area contributed by atoms with Crippen molar-refractivity contribution in [2.24, 2.45) is 0 Å². The van der Waals surface area contributed by atoms with Crippen LogP contribution >= 0.6 is 11.8 Å². The fourth-order valence-electron chi connectivity index (χ4n) is 3.45. The molecule has 156 valence electrons. The van der Waals surface area contributed by atoms with E-state index >= 15 is 0 Å². The monoisotopic (exact) mass is 439 g/mol. The highest BCUT2D eigenvalue weighted by molar-refractivity contribution is 7.98. The van der Waals surface area contributed by atoms with Crippen molar-refractivity contribution in [1.29, 1.82) is 0 Å². The van der Waals surface area contributed by atoms with Crippen molar-refractivity contribution in [2.45, 2.75) is 22.2 Å². The second kappa shape index (κ2) is 9.75. The van der Waals surface area contributed by atoms with Crippen molar-refractivity contribution in [3.05, 3.63) is 90.1 Å². The highest BCUT2D eigenvalue weighted by Gasteiger charge is 2.28. The van der Waals surface area contributed by atoms with Crippen LogP contribution in [0.5, 0.6) is 0 Å². The summed E-state index contributed by atoms with van der Waals surface area (Å²) in [4.78, 5) is 6.93. The van der Waals surface area contributed by atoms with Gasteiger partial charge in [-0.1, -0.05) is 60.7 Å². The van der Waals surface area contributed by atoms with Crippen LogP contribution in [0.15, 0.2) is 88.9 Å². The van der Waals surface area contributed by atoms with Gasteiger partial charge in [-0.3, -0.25) is 4.90 Å². The summed E-state index contributed by atoms with van der Waals surface area (Å²) in [5, 5.41) is 0.825. The highest BCUT2D eigenvalue weighted by Crippen LogP contribution is 2.23.